The lowest BCUT2D eigenvalue weighted by Gasteiger charge is -2.37. The van der Waals surface area contributed by atoms with E-state index in [-0.39, 0.29) is 11.8 Å². The normalized spacial score (nSPS) is 22.3. The van der Waals surface area contributed by atoms with Crippen LogP contribution in [0, 0.1) is 6.92 Å². The molecular formula is C21H22N4O2. The summed E-state index contributed by atoms with van der Waals surface area (Å²) >= 11 is 0. The van der Waals surface area contributed by atoms with E-state index in [4.69, 9.17) is 4.52 Å². The molecule has 3 aromatic rings. The van der Waals surface area contributed by atoms with Crippen LogP contribution in [-0.2, 0) is 6.42 Å². The zero-order valence-electron chi connectivity index (χ0n) is 15.3. The Morgan fingerprint density at radius 1 is 1.22 bits per heavy atom. The van der Waals surface area contributed by atoms with E-state index in [1.165, 1.54) is 0 Å². The molecule has 1 aromatic carbocycles. The number of carbonyl (C=O) groups excluding carboxylic acids is 1. The molecule has 1 amide bonds. The van der Waals surface area contributed by atoms with Gasteiger partial charge in [0.1, 0.15) is 0 Å². The Balaban J connectivity index is 1.40. The van der Waals surface area contributed by atoms with Crippen LogP contribution < -0.4 is 0 Å². The molecule has 2 aliphatic heterocycles. The summed E-state index contributed by atoms with van der Waals surface area (Å²) in [5, 5.41) is 4.13. The zero-order valence-corrected chi connectivity index (χ0v) is 15.3. The molecule has 1 N–H and O–H groups in total. The van der Waals surface area contributed by atoms with Gasteiger partial charge in [0.25, 0.3) is 5.91 Å². The fraction of sp³-hybridized carbons (Fsp3) is 0.381. The van der Waals surface area contributed by atoms with Gasteiger partial charge >= 0.3 is 0 Å². The lowest BCUT2D eigenvalue weighted by molar-refractivity contribution is 0.0570. The first-order valence-electron chi connectivity index (χ1n) is 9.57. The average molecular weight is 362 g/mol. The third kappa shape index (κ3) is 2.85. The first kappa shape index (κ1) is 16.3. The van der Waals surface area contributed by atoms with Crippen LogP contribution in [0.3, 0.4) is 0 Å². The Hall–Kier alpha value is -2.89. The fourth-order valence-corrected chi connectivity index (χ4v) is 4.34. The van der Waals surface area contributed by atoms with Crippen LogP contribution in [0.4, 0.5) is 0 Å². The highest BCUT2D eigenvalue weighted by Crippen LogP contribution is 2.35. The second-order valence-corrected chi connectivity index (χ2v) is 7.63. The summed E-state index contributed by atoms with van der Waals surface area (Å²) in [4.78, 5) is 22.9. The number of fused-ring (bicyclic) bond motifs is 2. The predicted octanol–water partition coefficient (Wildman–Crippen LogP) is 3.71. The third-order valence-corrected chi connectivity index (χ3v) is 5.82. The monoisotopic (exact) mass is 362 g/mol. The van der Waals surface area contributed by atoms with Gasteiger partial charge in [-0.15, -0.1) is 0 Å². The van der Waals surface area contributed by atoms with Crippen LogP contribution in [0.15, 0.2) is 41.1 Å². The number of amides is 1. The van der Waals surface area contributed by atoms with Crippen molar-refractivity contribution in [3.05, 3.63) is 59.1 Å². The molecule has 4 heterocycles. The van der Waals surface area contributed by atoms with E-state index >= 15 is 0 Å². The zero-order chi connectivity index (χ0) is 18.4. The molecule has 0 radical (unpaired) electrons. The van der Waals surface area contributed by atoms with E-state index in [2.05, 4.69) is 21.2 Å². The molecule has 1 unspecified atom stereocenters. The second kappa shape index (κ2) is 6.37. The summed E-state index contributed by atoms with van der Waals surface area (Å²) in [5.41, 5.74) is 3.99. The Kier molecular flexibility index (Phi) is 3.85. The van der Waals surface area contributed by atoms with E-state index in [1.54, 1.807) is 0 Å². The van der Waals surface area contributed by atoms with Gasteiger partial charge in [-0.25, -0.2) is 0 Å². The van der Waals surface area contributed by atoms with Crippen molar-refractivity contribution in [1.29, 1.82) is 0 Å². The van der Waals surface area contributed by atoms with Crippen LogP contribution in [0.2, 0.25) is 0 Å². The number of rotatable bonds is 2. The molecule has 0 bridgehead atoms. The van der Waals surface area contributed by atoms with Gasteiger partial charge in [0, 0.05) is 24.3 Å². The Morgan fingerprint density at radius 2 is 2.11 bits per heavy atom. The Bertz CT molecular complexity index is 989. The lowest BCUT2D eigenvalue weighted by atomic mass is 9.90. The number of aromatic amines is 1. The molecule has 6 nitrogen and oxygen atoms in total. The first-order chi connectivity index (χ1) is 13.2. The molecule has 6 heteroatoms. The number of H-pyrrole nitrogens is 1. The molecule has 27 heavy (non-hydrogen) atoms. The largest absolute Gasteiger partial charge is 0.358 e. The SMILES string of the molecule is Cc1c[nH]c(-c2noc(C3CC[C@H]4CCc5ccccc5C(=O)N4C3)n2)c1. The standard InChI is InChI=1S/C21H22N4O2/c1-13-10-18(22-11-13)19-23-20(27-24-19)15-7-9-16-8-6-14-4-2-3-5-17(14)21(26)25(16)12-15/h2-5,10-11,15-16,22H,6-9,12H2,1H3/t15?,16-/m1/s1. The highest BCUT2D eigenvalue weighted by molar-refractivity contribution is 5.96. The van der Waals surface area contributed by atoms with Crippen LogP contribution in [0.25, 0.3) is 11.5 Å². The summed E-state index contributed by atoms with van der Waals surface area (Å²) in [6.07, 6.45) is 5.85. The van der Waals surface area contributed by atoms with Crippen LogP contribution in [-0.4, -0.2) is 38.5 Å². The molecule has 138 valence electrons. The molecule has 0 aliphatic carbocycles. The number of aryl methyl sites for hydroxylation is 2. The number of benzene rings is 1. The summed E-state index contributed by atoms with van der Waals surface area (Å²) in [5.74, 6) is 1.43. The molecule has 2 aliphatic rings. The van der Waals surface area contributed by atoms with Gasteiger partial charge in [0.05, 0.1) is 11.6 Å². The number of carbonyl (C=O) groups is 1. The van der Waals surface area contributed by atoms with Gasteiger partial charge in [-0.2, -0.15) is 4.98 Å². The predicted molar refractivity (Wildman–Crippen MR) is 100 cm³/mol. The second-order valence-electron chi connectivity index (χ2n) is 7.63. The lowest BCUT2D eigenvalue weighted by Crippen LogP contribution is -2.45. The van der Waals surface area contributed by atoms with Crippen molar-refractivity contribution >= 4 is 5.91 Å². The summed E-state index contributed by atoms with van der Waals surface area (Å²) in [6, 6.07) is 10.3. The first-order valence-corrected chi connectivity index (χ1v) is 9.57. The summed E-state index contributed by atoms with van der Waals surface area (Å²) in [7, 11) is 0. The van der Waals surface area contributed by atoms with Crippen LogP contribution in [0.1, 0.15) is 52.6 Å². The quantitative estimate of drug-likeness (QED) is 0.754. The van der Waals surface area contributed by atoms with E-state index in [9.17, 15) is 4.79 Å². The van der Waals surface area contributed by atoms with Gasteiger partial charge in [-0.1, -0.05) is 23.4 Å². The maximum absolute atomic E-state index is 13.1. The number of hydrogen-bond acceptors (Lipinski definition) is 4. The van der Waals surface area contributed by atoms with E-state index in [1.807, 2.05) is 42.3 Å². The van der Waals surface area contributed by atoms with E-state index < -0.39 is 0 Å². The molecule has 0 spiro atoms. The molecule has 2 aromatic heterocycles. The minimum atomic E-state index is 0.0905. The van der Waals surface area contributed by atoms with E-state index in [0.29, 0.717) is 24.3 Å². The van der Waals surface area contributed by atoms with Crippen molar-refractivity contribution in [1.82, 2.24) is 20.0 Å². The van der Waals surface area contributed by atoms with E-state index in [0.717, 1.165) is 48.1 Å². The van der Waals surface area contributed by atoms with Crippen LogP contribution in [0.5, 0.6) is 0 Å². The smallest absolute Gasteiger partial charge is 0.254 e. The molecule has 2 atom stereocenters. The van der Waals surface area contributed by atoms with Crippen molar-refractivity contribution in [2.45, 2.75) is 44.6 Å². The van der Waals surface area contributed by atoms with Gasteiger partial charge < -0.3 is 14.4 Å². The maximum Gasteiger partial charge on any atom is 0.254 e. The highest BCUT2D eigenvalue weighted by atomic mass is 16.5. The maximum atomic E-state index is 13.1. The van der Waals surface area contributed by atoms with Gasteiger partial charge in [-0.3, -0.25) is 4.79 Å². The third-order valence-electron chi connectivity index (χ3n) is 5.82. The summed E-state index contributed by atoms with van der Waals surface area (Å²) in [6.45, 7) is 2.66. The Morgan fingerprint density at radius 3 is 2.96 bits per heavy atom. The molecular weight excluding hydrogens is 340 g/mol. The van der Waals surface area contributed by atoms with Crippen molar-refractivity contribution in [2.24, 2.45) is 0 Å². The number of piperidine rings is 1. The minimum absolute atomic E-state index is 0.0905. The number of nitrogens with one attached hydrogen (secondary N) is 1. The Labute approximate surface area is 157 Å². The minimum Gasteiger partial charge on any atom is -0.358 e. The average Bonchev–Trinajstić information content (AvgIpc) is 3.32. The number of aromatic nitrogens is 3. The highest BCUT2D eigenvalue weighted by Gasteiger charge is 2.37. The number of nitrogens with zero attached hydrogens (tertiary/aromatic N) is 3. The molecule has 1 fully saturated rings. The van der Waals surface area contributed by atoms with Gasteiger partial charge in [-0.05, 0) is 55.9 Å². The molecule has 1 saturated heterocycles. The topological polar surface area (TPSA) is 75.0 Å². The van der Waals surface area contributed by atoms with Crippen molar-refractivity contribution in [3.8, 4) is 11.5 Å². The molecule has 0 saturated carbocycles. The van der Waals surface area contributed by atoms with Crippen LogP contribution >= 0.6 is 0 Å². The van der Waals surface area contributed by atoms with Crippen molar-refractivity contribution < 1.29 is 9.32 Å². The molecule has 5 rings (SSSR count). The van der Waals surface area contributed by atoms with Crippen molar-refractivity contribution in [3.63, 3.8) is 0 Å². The fourth-order valence-electron chi connectivity index (χ4n) is 4.34. The van der Waals surface area contributed by atoms with Crippen molar-refractivity contribution in [2.75, 3.05) is 6.54 Å². The summed E-state index contributed by atoms with van der Waals surface area (Å²) < 4.78 is 5.56. The number of hydrogen-bond donors (Lipinski definition) is 1. The van der Waals surface area contributed by atoms with Gasteiger partial charge in [0.2, 0.25) is 11.7 Å². The van der Waals surface area contributed by atoms with Gasteiger partial charge in [0.15, 0.2) is 0 Å².